The Morgan fingerprint density at radius 1 is 1.43 bits per heavy atom. The fourth-order valence-corrected chi connectivity index (χ4v) is 2.16. The third kappa shape index (κ3) is 4.96. The number of halogens is 1. The van der Waals surface area contributed by atoms with E-state index in [9.17, 15) is 19.7 Å². The predicted octanol–water partition coefficient (Wildman–Crippen LogP) is 2.22. The number of nitro benzene ring substituents is 1. The molecule has 1 aromatic rings. The number of benzene rings is 1. The van der Waals surface area contributed by atoms with Crippen LogP contribution < -0.4 is 0 Å². The smallest absolute Gasteiger partial charge is 0.307 e. The monoisotopic (exact) mass is 406 g/mol. The maximum atomic E-state index is 12.3. The van der Waals surface area contributed by atoms with Gasteiger partial charge >= 0.3 is 5.97 Å². The molecule has 0 spiro atoms. The van der Waals surface area contributed by atoms with E-state index in [2.05, 4.69) is 0 Å². The number of ether oxygens (including phenoxy) is 1. The Morgan fingerprint density at radius 3 is 2.67 bits per heavy atom. The molecule has 0 aliphatic heterocycles. The van der Waals surface area contributed by atoms with E-state index in [-0.39, 0.29) is 36.1 Å². The minimum absolute atomic E-state index is 0.0849. The molecule has 0 saturated carbocycles. The van der Waals surface area contributed by atoms with Gasteiger partial charge in [0.1, 0.15) is 0 Å². The number of carbonyl (C=O) groups excluding carboxylic acids is 2. The van der Waals surface area contributed by atoms with Gasteiger partial charge < -0.3 is 9.64 Å². The van der Waals surface area contributed by atoms with Gasteiger partial charge in [0.15, 0.2) is 0 Å². The number of esters is 1. The van der Waals surface area contributed by atoms with Crippen molar-refractivity contribution in [3.8, 4) is 0 Å². The highest BCUT2D eigenvalue weighted by Gasteiger charge is 2.19. The third-order valence-corrected chi connectivity index (χ3v) is 3.64. The number of hydrogen-bond acceptors (Lipinski definition) is 5. The molecule has 0 fully saturated rings. The van der Waals surface area contributed by atoms with Crippen molar-refractivity contribution in [3.05, 3.63) is 37.4 Å². The first-order valence-electron chi connectivity index (χ1n) is 6.21. The molecule has 1 amide bonds. The van der Waals surface area contributed by atoms with Crippen LogP contribution in [0.5, 0.6) is 0 Å². The third-order valence-electron chi connectivity index (χ3n) is 2.69. The van der Waals surface area contributed by atoms with Crippen LogP contribution in [-0.2, 0) is 9.53 Å². The lowest BCUT2D eigenvalue weighted by Crippen LogP contribution is -2.30. The molecule has 21 heavy (non-hydrogen) atoms. The molecular weight excluding hydrogens is 391 g/mol. The number of amides is 1. The van der Waals surface area contributed by atoms with Gasteiger partial charge in [-0.3, -0.25) is 19.7 Å². The van der Waals surface area contributed by atoms with Gasteiger partial charge in [0.05, 0.1) is 23.5 Å². The van der Waals surface area contributed by atoms with Crippen molar-refractivity contribution in [2.45, 2.75) is 13.3 Å². The fourth-order valence-electron chi connectivity index (χ4n) is 1.59. The second kappa shape index (κ2) is 7.91. The summed E-state index contributed by atoms with van der Waals surface area (Å²) in [5.74, 6) is -0.752. The van der Waals surface area contributed by atoms with E-state index in [0.717, 1.165) is 0 Å². The molecule has 0 aliphatic rings. The topological polar surface area (TPSA) is 89.8 Å². The van der Waals surface area contributed by atoms with Gasteiger partial charge in [-0.25, -0.2) is 0 Å². The molecule has 0 bridgehead atoms. The highest BCUT2D eigenvalue weighted by Crippen LogP contribution is 2.20. The van der Waals surface area contributed by atoms with Gasteiger partial charge in [0.2, 0.25) is 0 Å². The van der Waals surface area contributed by atoms with Crippen molar-refractivity contribution in [3.63, 3.8) is 0 Å². The summed E-state index contributed by atoms with van der Waals surface area (Å²) in [6.07, 6.45) is 0.0849. The van der Waals surface area contributed by atoms with E-state index in [1.54, 1.807) is 6.92 Å². The molecule has 8 heteroatoms. The van der Waals surface area contributed by atoms with Crippen LogP contribution in [0.25, 0.3) is 0 Å². The lowest BCUT2D eigenvalue weighted by Gasteiger charge is -2.17. The fraction of sp³-hybridized carbons (Fsp3) is 0.385. The molecular formula is C13H15IN2O5. The molecule has 0 unspecified atom stereocenters. The molecule has 0 heterocycles. The number of nitro groups is 1. The van der Waals surface area contributed by atoms with E-state index in [1.807, 2.05) is 22.6 Å². The second-order valence-corrected chi connectivity index (χ2v) is 5.37. The maximum absolute atomic E-state index is 12.3. The lowest BCUT2D eigenvalue weighted by atomic mass is 10.2. The summed E-state index contributed by atoms with van der Waals surface area (Å²) < 4.78 is 5.40. The molecule has 7 nitrogen and oxygen atoms in total. The van der Waals surface area contributed by atoms with Gasteiger partial charge in [-0.1, -0.05) is 0 Å². The van der Waals surface area contributed by atoms with Crippen LogP contribution in [0.3, 0.4) is 0 Å². The highest BCUT2D eigenvalue weighted by molar-refractivity contribution is 14.1. The molecule has 0 N–H and O–H groups in total. The average molecular weight is 406 g/mol. The predicted molar refractivity (Wildman–Crippen MR) is 84.0 cm³/mol. The van der Waals surface area contributed by atoms with Crippen LogP contribution in [0.15, 0.2) is 18.2 Å². The van der Waals surface area contributed by atoms with Gasteiger partial charge in [0, 0.05) is 29.3 Å². The normalized spacial score (nSPS) is 10.0. The molecule has 1 rings (SSSR count). The summed E-state index contributed by atoms with van der Waals surface area (Å²) in [6, 6.07) is 4.10. The molecule has 0 radical (unpaired) electrons. The van der Waals surface area contributed by atoms with Gasteiger partial charge in [-0.05, 0) is 35.6 Å². The average Bonchev–Trinajstić information content (AvgIpc) is 2.44. The quantitative estimate of drug-likeness (QED) is 0.313. The minimum Gasteiger partial charge on any atom is -0.466 e. The van der Waals surface area contributed by atoms with E-state index < -0.39 is 4.92 Å². The number of nitrogens with zero attached hydrogens (tertiary/aromatic N) is 2. The Hall–Kier alpha value is -1.71. The van der Waals surface area contributed by atoms with Crippen molar-refractivity contribution in [1.82, 2.24) is 4.90 Å². The summed E-state index contributed by atoms with van der Waals surface area (Å²) in [6.45, 7) is 2.19. The molecule has 114 valence electrons. The second-order valence-electron chi connectivity index (χ2n) is 4.20. The Balaban J connectivity index is 2.80. The van der Waals surface area contributed by atoms with E-state index >= 15 is 0 Å². The Morgan fingerprint density at radius 2 is 2.10 bits per heavy atom. The Kier molecular flexibility index (Phi) is 6.53. The van der Waals surface area contributed by atoms with Crippen molar-refractivity contribution in [2.24, 2.45) is 0 Å². The molecule has 0 saturated heterocycles. The van der Waals surface area contributed by atoms with E-state index in [4.69, 9.17) is 4.74 Å². The van der Waals surface area contributed by atoms with Crippen LogP contribution >= 0.6 is 22.6 Å². The first-order valence-corrected chi connectivity index (χ1v) is 7.29. The first-order chi connectivity index (χ1) is 9.86. The van der Waals surface area contributed by atoms with E-state index in [1.165, 1.54) is 30.1 Å². The zero-order valence-corrected chi connectivity index (χ0v) is 13.8. The SMILES string of the molecule is CCOC(=O)CCN(C)C(=O)c1cc([N+](=O)[O-])ccc1I. The van der Waals surface area contributed by atoms with Crippen LogP contribution in [0.4, 0.5) is 5.69 Å². The largest absolute Gasteiger partial charge is 0.466 e. The zero-order valence-electron chi connectivity index (χ0n) is 11.7. The maximum Gasteiger partial charge on any atom is 0.307 e. The van der Waals surface area contributed by atoms with Crippen molar-refractivity contribution < 1.29 is 19.2 Å². The Labute approximate surface area is 135 Å². The minimum atomic E-state index is -0.550. The zero-order chi connectivity index (χ0) is 16.0. The van der Waals surface area contributed by atoms with Crippen LogP contribution in [0, 0.1) is 13.7 Å². The van der Waals surface area contributed by atoms with Gasteiger partial charge in [0.25, 0.3) is 11.6 Å². The number of hydrogen-bond donors (Lipinski definition) is 0. The van der Waals surface area contributed by atoms with Gasteiger partial charge in [-0.15, -0.1) is 0 Å². The molecule has 1 aromatic carbocycles. The standard InChI is InChI=1S/C13H15IN2O5/c1-3-21-12(17)6-7-15(2)13(18)10-8-9(16(19)20)4-5-11(10)14/h4-5,8H,3,6-7H2,1-2H3. The number of rotatable bonds is 6. The first kappa shape index (κ1) is 17.3. The van der Waals surface area contributed by atoms with Crippen molar-refractivity contribution in [2.75, 3.05) is 20.2 Å². The van der Waals surface area contributed by atoms with Crippen LogP contribution in [0.1, 0.15) is 23.7 Å². The summed E-state index contributed by atoms with van der Waals surface area (Å²) in [5, 5.41) is 10.8. The summed E-state index contributed by atoms with van der Waals surface area (Å²) in [5.41, 5.74) is 0.105. The van der Waals surface area contributed by atoms with Crippen molar-refractivity contribution in [1.29, 1.82) is 0 Å². The van der Waals surface area contributed by atoms with E-state index in [0.29, 0.717) is 10.2 Å². The summed E-state index contributed by atoms with van der Waals surface area (Å²) >= 11 is 1.94. The summed E-state index contributed by atoms with van der Waals surface area (Å²) in [4.78, 5) is 35.1. The lowest BCUT2D eigenvalue weighted by molar-refractivity contribution is -0.384. The van der Waals surface area contributed by atoms with Crippen LogP contribution in [0.2, 0.25) is 0 Å². The molecule has 0 atom stereocenters. The number of non-ortho nitro benzene ring substituents is 1. The summed E-state index contributed by atoms with van der Waals surface area (Å²) in [7, 11) is 1.54. The molecule has 0 aromatic heterocycles. The van der Waals surface area contributed by atoms with Crippen molar-refractivity contribution >= 4 is 40.2 Å². The van der Waals surface area contributed by atoms with Gasteiger partial charge in [-0.2, -0.15) is 0 Å². The highest BCUT2D eigenvalue weighted by atomic mass is 127. The molecule has 0 aliphatic carbocycles. The van der Waals surface area contributed by atoms with Crippen LogP contribution in [-0.4, -0.2) is 41.9 Å². The Bertz CT molecular complexity index is 561. The number of carbonyl (C=O) groups is 2.